The average molecular weight is 486 g/mol. The minimum atomic E-state index is -4.43. The van der Waals surface area contributed by atoms with E-state index in [0.717, 1.165) is 19.3 Å². The molecule has 0 N–H and O–H groups in total. The molecule has 0 aromatic carbocycles. The molecule has 7 heteroatoms. The maximum absolute atomic E-state index is 13.7. The van der Waals surface area contributed by atoms with Crippen LogP contribution in [0.15, 0.2) is 19.8 Å². The maximum atomic E-state index is 13.7. The first-order valence-corrected chi connectivity index (χ1v) is 16.3. The van der Waals surface area contributed by atoms with E-state index in [1.165, 1.54) is 0 Å². The molecular weight excluding hydrogens is 454 g/mol. The molecule has 3 atom stereocenters. The molecule has 1 aliphatic carbocycles. The van der Waals surface area contributed by atoms with E-state index in [1.54, 1.807) is 6.08 Å². The van der Waals surface area contributed by atoms with Gasteiger partial charge in [-0.05, 0) is 0 Å². The van der Waals surface area contributed by atoms with E-state index in [9.17, 15) is 7.00 Å². The summed E-state index contributed by atoms with van der Waals surface area (Å²) in [6.07, 6.45) is 6.12. The van der Waals surface area contributed by atoms with Gasteiger partial charge in [0, 0.05) is 0 Å². The zero-order valence-electron chi connectivity index (χ0n) is 15.8. The van der Waals surface area contributed by atoms with Crippen LogP contribution in [0.3, 0.4) is 0 Å². The summed E-state index contributed by atoms with van der Waals surface area (Å²) in [5, 5.41) is 0. The Balaban J connectivity index is 3.35. The van der Waals surface area contributed by atoms with Crippen LogP contribution in [0.5, 0.6) is 0 Å². The molecule has 3 nitrogen and oxygen atoms in total. The molecule has 140 valence electrons. The van der Waals surface area contributed by atoms with Crippen molar-refractivity contribution in [2.45, 2.75) is 85.5 Å². The van der Waals surface area contributed by atoms with Crippen LogP contribution in [0.25, 0.3) is 0 Å². The fourth-order valence-corrected chi connectivity index (χ4v) is 15.9. The zero-order valence-corrected chi connectivity index (χ0v) is 20.7. The first kappa shape index (κ1) is 22.7. The normalized spacial score (nSPS) is 21.2. The van der Waals surface area contributed by atoms with Crippen LogP contribution in [0.4, 0.5) is 7.00 Å². The predicted molar refractivity (Wildman–Crippen MR) is 92.7 cm³/mol. The summed E-state index contributed by atoms with van der Waals surface area (Å²) >= 11 is -8.73. The summed E-state index contributed by atoms with van der Waals surface area (Å²) in [6, 6.07) is 0. The van der Waals surface area contributed by atoms with Gasteiger partial charge in [-0.25, -0.2) is 0 Å². The number of rotatable bonds is 11. The second-order valence-electron chi connectivity index (χ2n) is 6.41. The van der Waals surface area contributed by atoms with E-state index >= 15 is 0 Å². The summed E-state index contributed by atoms with van der Waals surface area (Å²) in [5.41, 5.74) is 0. The molecule has 1 rings (SSSR count). The van der Waals surface area contributed by atoms with Crippen molar-refractivity contribution in [1.82, 2.24) is 0 Å². The molecule has 0 saturated heterocycles. The van der Waals surface area contributed by atoms with E-state index < -0.39 is 36.9 Å². The van der Waals surface area contributed by atoms with Crippen LogP contribution in [-0.2, 0) is 30.0 Å². The van der Waals surface area contributed by atoms with Gasteiger partial charge in [-0.2, -0.15) is 0 Å². The number of halogens is 2. The van der Waals surface area contributed by atoms with E-state index in [1.807, 2.05) is 47.6 Å². The van der Waals surface area contributed by atoms with Crippen molar-refractivity contribution < 1.29 is 37.0 Å². The van der Waals surface area contributed by atoms with Gasteiger partial charge in [0.25, 0.3) is 0 Å². The van der Waals surface area contributed by atoms with Crippen LogP contribution in [0, 0.1) is 0 Å². The van der Waals surface area contributed by atoms with Crippen LogP contribution in [0.1, 0.15) is 67.2 Å². The molecule has 0 aliphatic heterocycles. The first-order valence-electron chi connectivity index (χ1n) is 9.01. The van der Waals surface area contributed by atoms with Gasteiger partial charge >= 0.3 is 158 Å². The molecular formula is C17H32F2GeO3Zr. The fraction of sp³-hybridized carbons (Fsp3) is 0.765. The molecule has 0 fully saturated rings. The van der Waals surface area contributed by atoms with Gasteiger partial charge in [0.05, 0.1) is 0 Å². The van der Waals surface area contributed by atoms with Crippen molar-refractivity contribution in [3.05, 3.63) is 19.8 Å². The molecule has 0 heterocycles. The third kappa shape index (κ3) is 6.12. The van der Waals surface area contributed by atoms with Crippen molar-refractivity contribution in [2.75, 3.05) is 0 Å². The average Bonchev–Trinajstić information content (AvgIpc) is 3.04. The Morgan fingerprint density at radius 3 is 1.71 bits per heavy atom. The van der Waals surface area contributed by atoms with E-state index in [-0.39, 0.29) is 22.7 Å². The standard InChI is InChI=1S/C5H5F2Ge.3C4H9O.Zr/c6-8(7)5-3-1-2-4-5;3*1-3-4(2)5;/h1,3,8H,2H2;3*4H,3H2,1-2H3;/q;3*-1;+3. The monoisotopic (exact) mass is 486 g/mol. The predicted octanol–water partition coefficient (Wildman–Crippen LogP) is 5.24. The number of allylic oxidation sites excluding steroid dienone is 4. The van der Waals surface area contributed by atoms with Crippen LogP contribution < -0.4 is 0 Å². The van der Waals surface area contributed by atoms with Gasteiger partial charge in [0.1, 0.15) is 0 Å². The van der Waals surface area contributed by atoms with E-state index in [0.29, 0.717) is 9.70 Å². The number of hydrogen-bond donors (Lipinski definition) is 0. The molecule has 0 spiro atoms. The van der Waals surface area contributed by atoms with Gasteiger partial charge in [0.15, 0.2) is 0 Å². The fourth-order valence-electron chi connectivity index (χ4n) is 2.37. The summed E-state index contributed by atoms with van der Waals surface area (Å²) in [7, 11) is 0. The topological polar surface area (TPSA) is 27.7 Å². The van der Waals surface area contributed by atoms with Crippen molar-refractivity contribution in [1.29, 1.82) is 0 Å². The minimum absolute atomic E-state index is 0.0616. The van der Waals surface area contributed by atoms with Gasteiger partial charge in [0.2, 0.25) is 0 Å². The SMILES string of the molecule is CCC(C)[O][Zr]([O]C(C)CC)([O]C(C)CC)[C]1=[C]([GeH]([F])[F])C=CC1. The van der Waals surface area contributed by atoms with E-state index in [4.69, 9.17) is 8.44 Å². The Kier molecular flexibility index (Phi) is 10.1. The molecule has 1 aliphatic rings. The Morgan fingerprint density at radius 1 is 0.958 bits per heavy atom. The van der Waals surface area contributed by atoms with Crippen LogP contribution in [-0.4, -0.2) is 33.6 Å². The Labute approximate surface area is 157 Å². The summed E-state index contributed by atoms with van der Waals surface area (Å²) in [4.78, 5) is 0. The molecule has 24 heavy (non-hydrogen) atoms. The third-order valence-corrected chi connectivity index (χ3v) is 16.3. The van der Waals surface area contributed by atoms with Gasteiger partial charge in [-0.15, -0.1) is 0 Å². The van der Waals surface area contributed by atoms with Gasteiger partial charge in [-0.1, -0.05) is 0 Å². The van der Waals surface area contributed by atoms with Crippen LogP contribution in [0.2, 0.25) is 0 Å². The second-order valence-corrected chi connectivity index (χ2v) is 14.9. The molecule has 0 bridgehead atoms. The van der Waals surface area contributed by atoms with Crippen LogP contribution >= 0.6 is 0 Å². The quantitative estimate of drug-likeness (QED) is 0.374. The molecule has 0 aromatic rings. The summed E-state index contributed by atoms with van der Waals surface area (Å²) in [5.74, 6) is 0. The van der Waals surface area contributed by atoms with Crippen molar-refractivity contribution in [3.8, 4) is 0 Å². The number of hydrogen-bond acceptors (Lipinski definition) is 3. The molecule has 0 saturated carbocycles. The summed E-state index contributed by atoms with van der Waals surface area (Å²) < 4.78 is 47.4. The third-order valence-electron chi connectivity index (χ3n) is 4.37. The first-order chi connectivity index (χ1) is 11.3. The molecule has 0 aromatic heterocycles. The second kappa shape index (κ2) is 10.7. The molecule has 0 radical (unpaired) electrons. The molecule has 0 amide bonds. The Bertz CT molecular complexity index is 426. The van der Waals surface area contributed by atoms with Gasteiger partial charge in [-0.3, -0.25) is 0 Å². The summed E-state index contributed by atoms with van der Waals surface area (Å²) in [6.45, 7) is 12.0. The van der Waals surface area contributed by atoms with E-state index in [2.05, 4.69) is 0 Å². The zero-order chi connectivity index (χ0) is 18.3. The van der Waals surface area contributed by atoms with Crippen molar-refractivity contribution in [2.24, 2.45) is 0 Å². The Morgan fingerprint density at radius 2 is 1.38 bits per heavy atom. The van der Waals surface area contributed by atoms with Crippen molar-refractivity contribution >= 4 is 15.3 Å². The Hall–Kier alpha value is 0.646. The molecule has 3 unspecified atom stereocenters. The van der Waals surface area contributed by atoms with Crippen molar-refractivity contribution in [3.63, 3.8) is 0 Å². The van der Waals surface area contributed by atoms with Gasteiger partial charge < -0.3 is 0 Å².